The Morgan fingerprint density at radius 1 is 0.900 bits per heavy atom. The van der Waals surface area contributed by atoms with E-state index in [1.54, 1.807) is 19.2 Å². The van der Waals surface area contributed by atoms with E-state index in [1.165, 1.54) is 0 Å². The third-order valence-corrected chi connectivity index (χ3v) is 7.47. The van der Waals surface area contributed by atoms with Crippen molar-refractivity contribution in [3.8, 4) is 11.5 Å². The summed E-state index contributed by atoms with van der Waals surface area (Å²) < 4.78 is 16.7. The molecule has 0 aromatic heterocycles. The summed E-state index contributed by atoms with van der Waals surface area (Å²) in [6.45, 7) is 6.36. The monoisotopic (exact) mass is 606 g/mol. The molecule has 1 unspecified atom stereocenters. The summed E-state index contributed by atoms with van der Waals surface area (Å²) in [5.74, 6) is 0.809. The lowest BCUT2D eigenvalue weighted by atomic mass is 9.97. The van der Waals surface area contributed by atoms with Crippen LogP contribution >= 0.6 is 34.8 Å². The number of nitrogens with two attached hydrogens (primary N) is 1. The lowest BCUT2D eigenvalue weighted by Gasteiger charge is -2.26. The van der Waals surface area contributed by atoms with Gasteiger partial charge in [-0.05, 0) is 79.3 Å². The first-order valence-electron chi connectivity index (χ1n) is 13.3. The lowest BCUT2D eigenvalue weighted by Crippen LogP contribution is -2.39. The Morgan fingerprint density at radius 2 is 1.55 bits per heavy atom. The Kier molecular flexibility index (Phi) is 12.9. The van der Waals surface area contributed by atoms with Gasteiger partial charge in [0.05, 0.1) is 22.6 Å². The molecule has 0 saturated heterocycles. The van der Waals surface area contributed by atoms with Crippen LogP contribution in [-0.4, -0.2) is 50.8 Å². The molecule has 216 valence electrons. The normalized spacial score (nSPS) is 11.8. The first kappa shape index (κ1) is 32.0. The van der Waals surface area contributed by atoms with Gasteiger partial charge >= 0.3 is 0 Å². The maximum Gasteiger partial charge on any atom is 0.227 e. The smallest absolute Gasteiger partial charge is 0.227 e. The van der Waals surface area contributed by atoms with Crippen molar-refractivity contribution in [3.63, 3.8) is 0 Å². The molecule has 1 amide bonds. The van der Waals surface area contributed by atoms with Gasteiger partial charge in [-0.25, -0.2) is 0 Å². The molecule has 40 heavy (non-hydrogen) atoms. The summed E-state index contributed by atoms with van der Waals surface area (Å²) in [5, 5.41) is 1.58. The zero-order chi connectivity index (χ0) is 29.1. The summed E-state index contributed by atoms with van der Waals surface area (Å²) in [6.07, 6.45) is 1.32. The third-order valence-electron chi connectivity index (χ3n) is 6.54. The Labute approximate surface area is 252 Å². The quantitative estimate of drug-likeness (QED) is 0.193. The molecule has 3 rings (SSSR count). The molecule has 0 radical (unpaired) electrons. The maximum absolute atomic E-state index is 13.4. The van der Waals surface area contributed by atoms with E-state index >= 15 is 0 Å². The topological polar surface area (TPSA) is 74.0 Å². The number of carbonyl (C=O) groups is 1. The first-order valence-corrected chi connectivity index (χ1v) is 14.4. The molecule has 0 aliphatic rings. The minimum atomic E-state index is -0.348. The molecule has 0 spiro atoms. The van der Waals surface area contributed by atoms with Gasteiger partial charge in [-0.3, -0.25) is 4.79 Å². The zero-order valence-electron chi connectivity index (χ0n) is 23.2. The van der Waals surface area contributed by atoms with E-state index in [0.29, 0.717) is 65.9 Å². The van der Waals surface area contributed by atoms with Gasteiger partial charge in [0.15, 0.2) is 5.75 Å². The summed E-state index contributed by atoms with van der Waals surface area (Å²) in [6, 6.07) is 17.2. The molecular weight excluding hydrogens is 571 g/mol. The second-order valence-corrected chi connectivity index (χ2v) is 10.8. The first-order chi connectivity index (χ1) is 19.2. The minimum Gasteiger partial charge on any atom is -0.490 e. The van der Waals surface area contributed by atoms with Crippen LogP contribution in [0.2, 0.25) is 15.1 Å². The van der Waals surface area contributed by atoms with E-state index in [1.807, 2.05) is 61.2 Å². The Morgan fingerprint density at radius 3 is 2.17 bits per heavy atom. The van der Waals surface area contributed by atoms with Gasteiger partial charge in [-0.2, -0.15) is 0 Å². The van der Waals surface area contributed by atoms with Crippen LogP contribution in [0.25, 0.3) is 0 Å². The van der Waals surface area contributed by atoms with Crippen LogP contribution in [0, 0.1) is 12.8 Å². The third kappa shape index (κ3) is 9.28. The van der Waals surface area contributed by atoms with E-state index in [0.717, 1.165) is 28.7 Å². The van der Waals surface area contributed by atoms with Crippen LogP contribution in [0.1, 0.15) is 29.2 Å². The highest BCUT2D eigenvalue weighted by molar-refractivity contribution is 6.37. The zero-order valence-corrected chi connectivity index (χ0v) is 25.5. The van der Waals surface area contributed by atoms with Gasteiger partial charge in [0, 0.05) is 31.8 Å². The van der Waals surface area contributed by atoms with Crippen molar-refractivity contribution in [2.45, 2.75) is 33.2 Å². The molecule has 2 N–H and O–H groups in total. The van der Waals surface area contributed by atoms with Gasteiger partial charge in [0.2, 0.25) is 5.91 Å². The number of nitrogens with zero attached hydrogens (tertiary/aromatic N) is 1. The summed E-state index contributed by atoms with van der Waals surface area (Å²) in [5.41, 5.74) is 10.1. The summed E-state index contributed by atoms with van der Waals surface area (Å²) in [4.78, 5) is 15.2. The van der Waals surface area contributed by atoms with E-state index in [-0.39, 0.29) is 18.4 Å². The van der Waals surface area contributed by atoms with Gasteiger partial charge < -0.3 is 24.8 Å². The van der Waals surface area contributed by atoms with Crippen molar-refractivity contribution in [1.29, 1.82) is 0 Å². The molecule has 0 aliphatic heterocycles. The number of aryl methyl sites for hydroxylation is 1. The predicted octanol–water partition coefficient (Wildman–Crippen LogP) is 6.77. The van der Waals surface area contributed by atoms with E-state index < -0.39 is 0 Å². The number of hydrogen-bond donors (Lipinski definition) is 1. The largest absolute Gasteiger partial charge is 0.490 e. The number of ether oxygens (including phenoxy) is 3. The second-order valence-electron chi connectivity index (χ2n) is 9.56. The number of carbonyl (C=O) groups excluding carboxylic acids is 1. The predicted molar refractivity (Wildman–Crippen MR) is 163 cm³/mol. The molecule has 0 heterocycles. The number of rotatable bonds is 15. The van der Waals surface area contributed by atoms with Crippen molar-refractivity contribution in [2.24, 2.45) is 11.7 Å². The van der Waals surface area contributed by atoms with Crippen molar-refractivity contribution in [3.05, 3.63) is 91.9 Å². The van der Waals surface area contributed by atoms with Crippen LogP contribution in [0.5, 0.6) is 11.5 Å². The molecule has 0 fully saturated rings. The molecular formula is C31H37Cl3N2O4. The van der Waals surface area contributed by atoms with Crippen molar-refractivity contribution in [1.82, 2.24) is 4.90 Å². The highest BCUT2D eigenvalue weighted by atomic mass is 35.5. The molecule has 0 bridgehead atoms. The lowest BCUT2D eigenvalue weighted by molar-refractivity contribution is -0.135. The fraction of sp³-hybridized carbons (Fsp3) is 0.387. The number of halogens is 3. The minimum absolute atomic E-state index is 0.00858. The molecule has 0 aliphatic carbocycles. The fourth-order valence-electron chi connectivity index (χ4n) is 4.34. The fourth-order valence-corrected chi connectivity index (χ4v) is 5.22. The number of methoxy groups -OCH3 is 1. The highest BCUT2D eigenvalue weighted by Crippen LogP contribution is 2.34. The molecule has 9 heteroatoms. The van der Waals surface area contributed by atoms with E-state index in [2.05, 4.69) is 0 Å². The summed E-state index contributed by atoms with van der Waals surface area (Å²) >= 11 is 18.9. The number of amides is 1. The molecule has 3 aromatic rings. The van der Waals surface area contributed by atoms with Gasteiger partial charge in [0.25, 0.3) is 0 Å². The number of benzene rings is 3. The van der Waals surface area contributed by atoms with E-state index in [9.17, 15) is 4.79 Å². The average Bonchev–Trinajstić information content (AvgIpc) is 2.94. The second kappa shape index (κ2) is 16.1. The van der Waals surface area contributed by atoms with Crippen LogP contribution < -0.4 is 15.2 Å². The summed E-state index contributed by atoms with van der Waals surface area (Å²) in [7, 11) is 1.68. The molecule has 3 aromatic carbocycles. The molecule has 6 nitrogen and oxygen atoms in total. The van der Waals surface area contributed by atoms with Crippen LogP contribution in [-0.2, 0) is 28.9 Å². The molecule has 0 saturated carbocycles. The molecule has 1 atom stereocenters. The van der Waals surface area contributed by atoms with Crippen molar-refractivity contribution in [2.75, 3.05) is 40.0 Å². The van der Waals surface area contributed by atoms with Gasteiger partial charge in [0.1, 0.15) is 19.0 Å². The van der Waals surface area contributed by atoms with Crippen LogP contribution in [0.4, 0.5) is 0 Å². The SMILES string of the molecule is CCN(Cc1cc(CCOC)ccc1Cl)C(=O)C(CN)Cc1ccc(OCCOc2c(Cl)cc(C)cc2Cl)cc1. The average molecular weight is 608 g/mol. The highest BCUT2D eigenvalue weighted by Gasteiger charge is 2.23. The maximum atomic E-state index is 13.4. The Hall–Kier alpha value is -2.48. The van der Waals surface area contributed by atoms with Crippen molar-refractivity contribution < 1.29 is 19.0 Å². The van der Waals surface area contributed by atoms with Crippen LogP contribution in [0.3, 0.4) is 0 Å². The Balaban J connectivity index is 1.54. The van der Waals surface area contributed by atoms with E-state index in [4.69, 9.17) is 54.7 Å². The van der Waals surface area contributed by atoms with Gasteiger partial charge in [-0.1, -0.05) is 59.1 Å². The van der Waals surface area contributed by atoms with Crippen LogP contribution in [0.15, 0.2) is 54.6 Å². The van der Waals surface area contributed by atoms with Gasteiger partial charge in [-0.15, -0.1) is 0 Å². The standard InChI is InChI=1S/C31H37Cl3N2O4/c1-4-36(20-25-18-23(11-12-38-3)7-10-27(25)32)31(37)24(19-35)17-22-5-8-26(9-6-22)39-13-14-40-30-28(33)15-21(2)16-29(30)34/h5-10,15-16,18,24H,4,11-14,17,19-20,35H2,1-3H3. The number of hydrogen-bond acceptors (Lipinski definition) is 5. The Bertz CT molecular complexity index is 1230. The van der Waals surface area contributed by atoms with Crippen molar-refractivity contribution >= 4 is 40.7 Å².